The van der Waals surface area contributed by atoms with Gasteiger partial charge in [0.15, 0.2) is 5.78 Å². The van der Waals surface area contributed by atoms with E-state index in [-0.39, 0.29) is 18.4 Å². The van der Waals surface area contributed by atoms with Crippen LogP contribution in [-0.4, -0.2) is 53.6 Å². The van der Waals surface area contributed by atoms with Gasteiger partial charge in [0.25, 0.3) is 0 Å². The van der Waals surface area contributed by atoms with Crippen molar-refractivity contribution in [1.29, 1.82) is 0 Å². The number of aliphatic hydroxyl groups excluding tert-OH is 1. The van der Waals surface area contributed by atoms with Crippen LogP contribution in [0.15, 0.2) is 0 Å². The molecule has 0 bridgehead atoms. The first-order valence-corrected chi connectivity index (χ1v) is 7.41. The molecular formula is C15H26N4O4. The lowest BCUT2D eigenvalue weighted by Crippen LogP contribution is -2.55. The first-order valence-electron chi connectivity index (χ1n) is 7.41. The molecule has 0 saturated heterocycles. The second kappa shape index (κ2) is 10.6. The Bertz CT molecular complexity index is 480. The van der Waals surface area contributed by atoms with E-state index in [0.29, 0.717) is 6.42 Å². The van der Waals surface area contributed by atoms with Crippen LogP contribution in [0.1, 0.15) is 34.1 Å². The lowest BCUT2D eigenvalue weighted by molar-refractivity contribution is -0.129. The van der Waals surface area contributed by atoms with Gasteiger partial charge in [-0.15, -0.1) is 0 Å². The summed E-state index contributed by atoms with van der Waals surface area (Å²) in [6.45, 7) is 6.75. The van der Waals surface area contributed by atoms with Crippen LogP contribution in [0.4, 0.5) is 4.79 Å². The fourth-order valence-electron chi connectivity index (χ4n) is 1.69. The van der Waals surface area contributed by atoms with E-state index in [1.54, 1.807) is 0 Å². The lowest BCUT2D eigenvalue weighted by Gasteiger charge is -2.24. The molecule has 0 aliphatic rings. The Labute approximate surface area is 136 Å². The Kier molecular flexibility index (Phi) is 9.62. The van der Waals surface area contributed by atoms with Gasteiger partial charge in [-0.25, -0.2) is 4.79 Å². The normalized spacial score (nSPS) is 14.2. The van der Waals surface area contributed by atoms with Gasteiger partial charge in [0.2, 0.25) is 5.91 Å². The highest BCUT2D eigenvalue weighted by atomic mass is 16.3. The number of primary amides is 1. The van der Waals surface area contributed by atoms with Gasteiger partial charge in [0.05, 0.1) is 6.10 Å². The molecule has 2 unspecified atom stereocenters. The van der Waals surface area contributed by atoms with Gasteiger partial charge < -0.3 is 26.8 Å². The molecule has 0 rings (SSSR count). The van der Waals surface area contributed by atoms with Gasteiger partial charge in [-0.2, -0.15) is 0 Å². The van der Waals surface area contributed by atoms with Gasteiger partial charge >= 0.3 is 6.03 Å². The van der Waals surface area contributed by atoms with E-state index < -0.39 is 30.1 Å². The zero-order chi connectivity index (χ0) is 18.0. The van der Waals surface area contributed by atoms with Crippen LogP contribution < -0.4 is 21.7 Å². The first-order chi connectivity index (χ1) is 10.6. The molecule has 8 nitrogen and oxygen atoms in total. The molecular weight excluding hydrogens is 300 g/mol. The summed E-state index contributed by atoms with van der Waals surface area (Å²) in [7, 11) is 0. The molecule has 0 aliphatic carbocycles. The summed E-state index contributed by atoms with van der Waals surface area (Å²) >= 11 is 0. The maximum atomic E-state index is 12.2. The molecule has 23 heavy (non-hydrogen) atoms. The maximum Gasteiger partial charge on any atom is 0.312 e. The molecule has 3 atom stereocenters. The van der Waals surface area contributed by atoms with Crippen LogP contribution in [0.3, 0.4) is 0 Å². The predicted octanol–water partition coefficient (Wildman–Crippen LogP) is -1.13. The van der Waals surface area contributed by atoms with E-state index in [2.05, 4.69) is 27.8 Å². The van der Waals surface area contributed by atoms with E-state index in [1.807, 2.05) is 13.8 Å². The van der Waals surface area contributed by atoms with Crippen LogP contribution in [0.5, 0.6) is 0 Å². The number of hydrogen-bond acceptors (Lipinski definition) is 5. The molecule has 8 heteroatoms. The standard InChI is InChI=1S/C15H26N4O4/c1-9(2)18-13(11(4)21)14(22)19-12(10(3)20)7-5-6-8-17-15(16)23/h9,11-13,18,21H,6,8H2,1-4H3,(H,19,22)(H3,16,17,23)/t11?,12?,13-/m0/s1. The smallest absolute Gasteiger partial charge is 0.312 e. The van der Waals surface area contributed by atoms with Crippen molar-refractivity contribution >= 4 is 17.7 Å². The van der Waals surface area contributed by atoms with Crippen molar-refractivity contribution in [2.45, 2.75) is 58.3 Å². The molecule has 0 aromatic heterocycles. The summed E-state index contributed by atoms with van der Waals surface area (Å²) in [5.74, 6) is 4.52. The van der Waals surface area contributed by atoms with Crippen molar-refractivity contribution in [2.75, 3.05) is 6.54 Å². The summed E-state index contributed by atoms with van der Waals surface area (Å²) in [4.78, 5) is 34.3. The van der Waals surface area contributed by atoms with Crippen molar-refractivity contribution in [2.24, 2.45) is 5.73 Å². The number of amides is 3. The summed E-state index contributed by atoms with van der Waals surface area (Å²) in [6.07, 6.45) is -0.620. The summed E-state index contributed by atoms with van der Waals surface area (Å²) in [5.41, 5.74) is 4.91. The molecule has 0 aromatic rings. The average molecular weight is 326 g/mol. The molecule has 0 spiro atoms. The Balaban J connectivity index is 4.73. The van der Waals surface area contributed by atoms with Gasteiger partial charge in [0.1, 0.15) is 12.1 Å². The fraction of sp³-hybridized carbons (Fsp3) is 0.667. The number of aliphatic hydroxyl groups is 1. The third-order valence-corrected chi connectivity index (χ3v) is 2.77. The third kappa shape index (κ3) is 9.50. The van der Waals surface area contributed by atoms with Crippen molar-refractivity contribution in [1.82, 2.24) is 16.0 Å². The monoisotopic (exact) mass is 326 g/mol. The minimum absolute atomic E-state index is 0.0120. The molecule has 0 fully saturated rings. The summed E-state index contributed by atoms with van der Waals surface area (Å²) in [5, 5.41) is 17.5. The van der Waals surface area contributed by atoms with Gasteiger partial charge in [0, 0.05) is 19.0 Å². The average Bonchev–Trinajstić information content (AvgIpc) is 2.41. The van der Waals surface area contributed by atoms with E-state index >= 15 is 0 Å². The van der Waals surface area contributed by atoms with Gasteiger partial charge in [-0.1, -0.05) is 25.7 Å². The maximum absolute atomic E-state index is 12.2. The Hall–Kier alpha value is -2.11. The van der Waals surface area contributed by atoms with Crippen LogP contribution in [0.2, 0.25) is 0 Å². The number of hydrogen-bond donors (Lipinski definition) is 5. The van der Waals surface area contributed by atoms with Crippen LogP contribution in [-0.2, 0) is 9.59 Å². The number of rotatable bonds is 8. The Morgan fingerprint density at radius 1 is 1.22 bits per heavy atom. The second-order valence-electron chi connectivity index (χ2n) is 5.45. The molecule has 130 valence electrons. The van der Waals surface area contributed by atoms with E-state index in [0.717, 1.165) is 0 Å². The number of Topliss-reactive ketones (excluding diaryl/α,β-unsaturated/α-hetero) is 1. The number of carbonyl (C=O) groups is 3. The number of urea groups is 1. The van der Waals surface area contributed by atoms with Crippen molar-refractivity contribution in [3.8, 4) is 11.8 Å². The summed E-state index contributed by atoms with van der Waals surface area (Å²) < 4.78 is 0. The minimum Gasteiger partial charge on any atom is -0.391 e. The highest BCUT2D eigenvalue weighted by Gasteiger charge is 2.26. The highest BCUT2D eigenvalue weighted by molar-refractivity contribution is 5.92. The SMILES string of the molecule is CC(=O)C(C#CCCNC(N)=O)NC(=O)[C@@H](NC(C)C)C(C)O. The first kappa shape index (κ1) is 20.9. The Morgan fingerprint density at radius 3 is 2.26 bits per heavy atom. The fourth-order valence-corrected chi connectivity index (χ4v) is 1.69. The number of nitrogens with one attached hydrogen (secondary N) is 3. The van der Waals surface area contributed by atoms with Gasteiger partial charge in [-0.3, -0.25) is 9.59 Å². The minimum atomic E-state index is -0.966. The van der Waals surface area contributed by atoms with Crippen LogP contribution in [0, 0.1) is 11.8 Å². The molecule has 0 aliphatic heterocycles. The van der Waals surface area contributed by atoms with Crippen LogP contribution in [0.25, 0.3) is 0 Å². The Morgan fingerprint density at radius 2 is 1.83 bits per heavy atom. The van der Waals surface area contributed by atoms with Crippen LogP contribution >= 0.6 is 0 Å². The van der Waals surface area contributed by atoms with E-state index in [4.69, 9.17) is 5.73 Å². The zero-order valence-corrected chi connectivity index (χ0v) is 14.0. The van der Waals surface area contributed by atoms with E-state index in [1.165, 1.54) is 13.8 Å². The summed E-state index contributed by atoms with van der Waals surface area (Å²) in [6, 6.07) is -2.47. The quantitative estimate of drug-likeness (QED) is 0.284. The highest BCUT2D eigenvalue weighted by Crippen LogP contribution is 1.97. The van der Waals surface area contributed by atoms with E-state index in [9.17, 15) is 19.5 Å². The predicted molar refractivity (Wildman–Crippen MR) is 86.3 cm³/mol. The number of carbonyl (C=O) groups excluding carboxylic acids is 3. The third-order valence-electron chi connectivity index (χ3n) is 2.77. The number of ketones is 1. The van der Waals surface area contributed by atoms with Crippen molar-refractivity contribution in [3.05, 3.63) is 0 Å². The molecule has 0 saturated carbocycles. The largest absolute Gasteiger partial charge is 0.391 e. The molecule has 3 amide bonds. The van der Waals surface area contributed by atoms with Crippen molar-refractivity contribution in [3.63, 3.8) is 0 Å². The molecule has 0 aromatic carbocycles. The van der Waals surface area contributed by atoms with Crippen molar-refractivity contribution < 1.29 is 19.5 Å². The lowest BCUT2D eigenvalue weighted by atomic mass is 10.1. The topological polar surface area (TPSA) is 134 Å². The second-order valence-corrected chi connectivity index (χ2v) is 5.45. The zero-order valence-electron chi connectivity index (χ0n) is 14.0. The molecule has 0 heterocycles. The molecule has 0 radical (unpaired) electrons. The molecule has 6 N–H and O–H groups in total. The van der Waals surface area contributed by atoms with Gasteiger partial charge in [-0.05, 0) is 13.8 Å². The number of nitrogens with two attached hydrogens (primary N) is 1.